The summed E-state index contributed by atoms with van der Waals surface area (Å²) in [5.74, 6) is 0.366. The van der Waals surface area contributed by atoms with Gasteiger partial charge < -0.3 is 4.84 Å². The first-order chi connectivity index (χ1) is 11.3. The standard InChI is InChI=1S/C20H21FNO/c21-19-12-10-16(11-13-19)15-23-22-14-18-8-4-5-9-20(18)17-6-2-1-3-7-17/h4-5,8-13,17H,1-3,6-7,15H2. The molecule has 1 saturated carbocycles. The van der Waals surface area contributed by atoms with Gasteiger partial charge in [-0.3, -0.25) is 0 Å². The van der Waals surface area contributed by atoms with Crippen LogP contribution in [0.4, 0.5) is 4.39 Å². The molecule has 0 heterocycles. The van der Waals surface area contributed by atoms with Crippen molar-refractivity contribution < 1.29 is 9.23 Å². The van der Waals surface area contributed by atoms with Gasteiger partial charge in [-0.15, -0.1) is 0 Å². The third kappa shape index (κ3) is 4.41. The summed E-state index contributed by atoms with van der Waals surface area (Å²) in [5, 5.41) is 3.97. The Bertz CT molecular complexity index is 645. The summed E-state index contributed by atoms with van der Waals surface area (Å²) in [6, 6.07) is 14.5. The highest BCUT2D eigenvalue weighted by atomic mass is 19.1. The maximum Gasteiger partial charge on any atom is 0.142 e. The van der Waals surface area contributed by atoms with Gasteiger partial charge in [0.1, 0.15) is 18.6 Å². The van der Waals surface area contributed by atoms with Gasteiger partial charge in [0.15, 0.2) is 0 Å². The van der Waals surface area contributed by atoms with Crippen molar-refractivity contribution in [2.75, 3.05) is 0 Å². The number of nitrogens with zero attached hydrogens (tertiary/aromatic N) is 1. The van der Waals surface area contributed by atoms with Crippen molar-refractivity contribution in [1.29, 1.82) is 0 Å². The average molecular weight is 310 g/mol. The second-order valence-electron chi connectivity index (χ2n) is 6.03. The van der Waals surface area contributed by atoms with Crippen LogP contribution in [0.3, 0.4) is 0 Å². The molecule has 119 valence electrons. The van der Waals surface area contributed by atoms with Crippen molar-refractivity contribution in [2.24, 2.45) is 5.16 Å². The van der Waals surface area contributed by atoms with E-state index in [4.69, 9.17) is 4.84 Å². The van der Waals surface area contributed by atoms with E-state index in [1.807, 2.05) is 12.1 Å². The van der Waals surface area contributed by atoms with Crippen LogP contribution in [0.2, 0.25) is 0 Å². The van der Waals surface area contributed by atoms with Crippen molar-refractivity contribution in [2.45, 2.75) is 44.6 Å². The Morgan fingerprint density at radius 3 is 2.52 bits per heavy atom. The molecule has 1 aliphatic rings. The summed E-state index contributed by atoms with van der Waals surface area (Å²) in [6.07, 6.45) is 9.46. The Kier molecular flexibility index (Phi) is 5.41. The zero-order valence-electron chi connectivity index (χ0n) is 13.2. The zero-order chi connectivity index (χ0) is 15.9. The maximum atomic E-state index is 12.8. The van der Waals surface area contributed by atoms with Crippen LogP contribution in [-0.4, -0.2) is 6.21 Å². The molecule has 2 nitrogen and oxygen atoms in total. The fourth-order valence-electron chi connectivity index (χ4n) is 3.14. The van der Waals surface area contributed by atoms with Gasteiger partial charge >= 0.3 is 0 Å². The Balaban J connectivity index is 1.61. The predicted octanol–water partition coefficient (Wildman–Crippen LogP) is 5.30. The van der Waals surface area contributed by atoms with Crippen molar-refractivity contribution in [3.8, 4) is 0 Å². The first-order valence-corrected chi connectivity index (χ1v) is 8.24. The highest BCUT2D eigenvalue weighted by molar-refractivity contribution is 5.81. The maximum absolute atomic E-state index is 12.8. The molecule has 3 heteroatoms. The lowest BCUT2D eigenvalue weighted by Gasteiger charge is -2.23. The number of rotatable bonds is 5. The number of benzene rings is 2. The molecule has 3 rings (SSSR count). The summed E-state index contributed by atoms with van der Waals surface area (Å²) in [7, 11) is 0. The quantitative estimate of drug-likeness (QED) is 0.542. The van der Waals surface area contributed by atoms with Crippen LogP contribution < -0.4 is 0 Å². The molecule has 0 aliphatic heterocycles. The highest BCUT2D eigenvalue weighted by Gasteiger charge is 2.17. The number of halogens is 1. The van der Waals surface area contributed by atoms with Crippen molar-refractivity contribution in [3.05, 3.63) is 71.0 Å². The molecule has 2 aromatic rings. The monoisotopic (exact) mass is 310 g/mol. The normalized spacial score (nSPS) is 15.9. The molecular weight excluding hydrogens is 289 g/mol. The van der Waals surface area contributed by atoms with Crippen LogP contribution in [0.1, 0.15) is 54.7 Å². The molecule has 1 radical (unpaired) electrons. The van der Waals surface area contributed by atoms with Gasteiger partial charge in [0, 0.05) is 5.56 Å². The lowest BCUT2D eigenvalue weighted by Crippen LogP contribution is -2.07. The van der Waals surface area contributed by atoms with Crippen molar-refractivity contribution in [3.63, 3.8) is 0 Å². The smallest absolute Gasteiger partial charge is 0.142 e. The van der Waals surface area contributed by atoms with Gasteiger partial charge in [0.05, 0.1) is 0 Å². The van der Waals surface area contributed by atoms with E-state index in [1.165, 1.54) is 49.8 Å². The number of hydrogen-bond acceptors (Lipinski definition) is 2. The van der Waals surface area contributed by atoms with E-state index >= 15 is 0 Å². The van der Waals surface area contributed by atoms with E-state index in [0.29, 0.717) is 12.5 Å². The van der Waals surface area contributed by atoms with E-state index in [9.17, 15) is 4.39 Å². The van der Waals surface area contributed by atoms with E-state index in [1.54, 1.807) is 12.1 Å². The van der Waals surface area contributed by atoms with Crippen molar-refractivity contribution >= 4 is 6.21 Å². The first kappa shape index (κ1) is 15.7. The predicted molar refractivity (Wildman–Crippen MR) is 90.0 cm³/mol. The van der Waals surface area contributed by atoms with Gasteiger partial charge in [-0.25, -0.2) is 4.39 Å². The SMILES string of the molecule is Fc1ccc(CO/N=[C]\c2ccccc2C2CCCCC2)cc1. The minimum Gasteiger partial charge on any atom is -0.390 e. The molecule has 0 spiro atoms. The lowest BCUT2D eigenvalue weighted by molar-refractivity contribution is 0.132. The fraction of sp³-hybridized carbons (Fsp3) is 0.350. The zero-order valence-corrected chi connectivity index (χ0v) is 13.2. The Hall–Kier alpha value is -2.16. The van der Waals surface area contributed by atoms with Crippen LogP contribution in [0.25, 0.3) is 0 Å². The topological polar surface area (TPSA) is 21.6 Å². The molecule has 2 aromatic carbocycles. The van der Waals surface area contributed by atoms with Crippen LogP contribution in [-0.2, 0) is 11.4 Å². The third-order valence-electron chi connectivity index (χ3n) is 4.38. The van der Waals surface area contributed by atoms with Crippen molar-refractivity contribution in [1.82, 2.24) is 0 Å². The van der Waals surface area contributed by atoms with Crippen LogP contribution in [0, 0.1) is 5.82 Å². The summed E-state index contributed by atoms with van der Waals surface area (Å²) >= 11 is 0. The molecule has 0 bridgehead atoms. The van der Waals surface area contributed by atoms with Gasteiger partial charge in [-0.1, -0.05) is 60.8 Å². The van der Waals surface area contributed by atoms with Crippen LogP contribution in [0.15, 0.2) is 53.7 Å². The molecule has 0 aromatic heterocycles. The molecule has 0 saturated heterocycles. The Morgan fingerprint density at radius 2 is 1.74 bits per heavy atom. The molecular formula is C20H21FNO. The summed E-state index contributed by atoms with van der Waals surface area (Å²) in [5.41, 5.74) is 3.22. The lowest BCUT2D eigenvalue weighted by atomic mass is 9.82. The fourth-order valence-corrected chi connectivity index (χ4v) is 3.14. The molecule has 0 unspecified atom stereocenters. The second-order valence-corrected chi connectivity index (χ2v) is 6.03. The van der Waals surface area contributed by atoms with E-state index in [-0.39, 0.29) is 5.82 Å². The minimum absolute atomic E-state index is 0.245. The average Bonchev–Trinajstić information content (AvgIpc) is 2.61. The van der Waals surface area contributed by atoms with Crippen LogP contribution in [0.5, 0.6) is 0 Å². The highest BCUT2D eigenvalue weighted by Crippen LogP contribution is 2.33. The van der Waals surface area contributed by atoms with Crippen LogP contribution >= 0.6 is 0 Å². The van der Waals surface area contributed by atoms with Gasteiger partial charge in [-0.2, -0.15) is 0 Å². The van der Waals surface area contributed by atoms with Gasteiger partial charge in [0.25, 0.3) is 0 Å². The van der Waals surface area contributed by atoms with Gasteiger partial charge in [-0.05, 0) is 42.0 Å². The number of hydrogen-bond donors (Lipinski definition) is 0. The largest absolute Gasteiger partial charge is 0.390 e. The Labute approximate surface area is 137 Å². The summed E-state index contributed by atoms with van der Waals surface area (Å²) in [6.45, 7) is 0.318. The minimum atomic E-state index is -0.245. The summed E-state index contributed by atoms with van der Waals surface area (Å²) < 4.78 is 12.8. The van der Waals surface area contributed by atoms with E-state index in [2.05, 4.69) is 23.5 Å². The second kappa shape index (κ2) is 7.91. The summed E-state index contributed by atoms with van der Waals surface area (Å²) in [4.78, 5) is 5.30. The molecule has 23 heavy (non-hydrogen) atoms. The first-order valence-electron chi connectivity index (χ1n) is 8.24. The van der Waals surface area contributed by atoms with Gasteiger partial charge in [0.2, 0.25) is 0 Å². The molecule has 0 atom stereocenters. The molecule has 0 amide bonds. The molecule has 1 aliphatic carbocycles. The molecule has 1 fully saturated rings. The third-order valence-corrected chi connectivity index (χ3v) is 4.38. The van der Waals surface area contributed by atoms with E-state index < -0.39 is 0 Å². The van der Waals surface area contributed by atoms with E-state index in [0.717, 1.165) is 11.1 Å². The Morgan fingerprint density at radius 1 is 1.00 bits per heavy atom. The molecule has 0 N–H and O–H groups in total.